The summed E-state index contributed by atoms with van der Waals surface area (Å²) in [5, 5.41) is 5.88. The largest absolute Gasteiger partial charge is 0.340 e. The summed E-state index contributed by atoms with van der Waals surface area (Å²) in [6.45, 7) is 4.48. The molecule has 1 aliphatic rings. The molecule has 0 unspecified atom stereocenters. The minimum absolute atomic E-state index is 0.155. The average Bonchev–Trinajstić information content (AvgIpc) is 3.20. The zero-order valence-corrected chi connectivity index (χ0v) is 17.1. The number of piperazine rings is 1. The lowest BCUT2D eigenvalue weighted by Crippen LogP contribution is -2.49. The number of rotatable bonds is 7. The van der Waals surface area contributed by atoms with E-state index < -0.39 is 0 Å². The van der Waals surface area contributed by atoms with E-state index in [-0.39, 0.29) is 5.91 Å². The van der Waals surface area contributed by atoms with Gasteiger partial charge >= 0.3 is 0 Å². The van der Waals surface area contributed by atoms with E-state index in [1.54, 1.807) is 6.20 Å². The van der Waals surface area contributed by atoms with E-state index in [4.69, 9.17) is 0 Å². The second kappa shape index (κ2) is 9.62. The third-order valence-electron chi connectivity index (χ3n) is 5.07. The number of aromatic nitrogens is 2. The predicted octanol–water partition coefficient (Wildman–Crippen LogP) is 3.21. The van der Waals surface area contributed by atoms with Gasteiger partial charge < -0.3 is 10.2 Å². The molecule has 0 atom stereocenters. The van der Waals surface area contributed by atoms with Crippen molar-refractivity contribution in [1.29, 1.82) is 0 Å². The maximum Gasteiger partial charge on any atom is 0.228 e. The van der Waals surface area contributed by atoms with E-state index in [9.17, 15) is 4.79 Å². The number of thiazole rings is 1. The molecule has 1 saturated heterocycles. The Morgan fingerprint density at radius 3 is 2.59 bits per heavy atom. The molecule has 3 aromatic rings. The van der Waals surface area contributed by atoms with Crippen molar-refractivity contribution in [2.45, 2.75) is 12.8 Å². The Morgan fingerprint density at radius 2 is 1.83 bits per heavy atom. The van der Waals surface area contributed by atoms with Gasteiger partial charge in [0.2, 0.25) is 5.91 Å². The van der Waals surface area contributed by atoms with Crippen LogP contribution in [0.25, 0.3) is 0 Å². The molecular formula is C22H25N5OS. The van der Waals surface area contributed by atoms with Gasteiger partial charge in [0.05, 0.1) is 12.1 Å². The molecule has 3 heterocycles. The Bertz CT molecular complexity index is 907. The smallest absolute Gasteiger partial charge is 0.228 e. The third kappa shape index (κ3) is 5.62. The van der Waals surface area contributed by atoms with Crippen molar-refractivity contribution < 1.29 is 4.79 Å². The van der Waals surface area contributed by atoms with Crippen molar-refractivity contribution in [3.63, 3.8) is 0 Å². The molecule has 0 bridgehead atoms. The number of nitrogens with one attached hydrogen (secondary N) is 1. The van der Waals surface area contributed by atoms with Gasteiger partial charge in [-0.3, -0.25) is 9.69 Å². The molecular weight excluding hydrogens is 382 g/mol. The minimum Gasteiger partial charge on any atom is -0.340 e. The van der Waals surface area contributed by atoms with Crippen molar-refractivity contribution in [1.82, 2.24) is 19.8 Å². The van der Waals surface area contributed by atoms with E-state index in [1.165, 1.54) is 16.9 Å². The Hall–Kier alpha value is -2.77. The van der Waals surface area contributed by atoms with Gasteiger partial charge in [0, 0.05) is 44.3 Å². The van der Waals surface area contributed by atoms with Crippen LogP contribution in [0, 0.1) is 0 Å². The van der Waals surface area contributed by atoms with Gasteiger partial charge in [-0.1, -0.05) is 36.4 Å². The van der Waals surface area contributed by atoms with Crippen LogP contribution >= 0.6 is 11.3 Å². The molecule has 1 fully saturated rings. The number of nitrogens with zero attached hydrogens (tertiary/aromatic N) is 4. The van der Waals surface area contributed by atoms with Crippen molar-refractivity contribution in [2.24, 2.45) is 0 Å². The average molecular weight is 408 g/mol. The van der Waals surface area contributed by atoms with Gasteiger partial charge in [0.1, 0.15) is 5.82 Å². The second-order valence-electron chi connectivity index (χ2n) is 7.12. The van der Waals surface area contributed by atoms with Gasteiger partial charge in [0.25, 0.3) is 0 Å². The van der Waals surface area contributed by atoms with Gasteiger partial charge in [0.15, 0.2) is 5.13 Å². The highest BCUT2D eigenvalue weighted by Gasteiger charge is 2.21. The highest BCUT2D eigenvalue weighted by atomic mass is 32.1. The van der Waals surface area contributed by atoms with Crippen molar-refractivity contribution in [3.8, 4) is 0 Å². The number of amides is 1. The van der Waals surface area contributed by atoms with Crippen LogP contribution in [-0.4, -0.2) is 58.4 Å². The molecule has 0 saturated carbocycles. The summed E-state index contributed by atoms with van der Waals surface area (Å²) in [7, 11) is 0. The first-order chi connectivity index (χ1) is 14.3. The number of carbonyl (C=O) groups excluding carboxylic acids is 1. The molecule has 29 heavy (non-hydrogen) atoms. The first kappa shape index (κ1) is 19.5. The summed E-state index contributed by atoms with van der Waals surface area (Å²) in [4.78, 5) is 25.8. The highest BCUT2D eigenvalue weighted by molar-refractivity contribution is 7.13. The normalized spacial score (nSPS) is 14.7. The summed E-state index contributed by atoms with van der Waals surface area (Å²) in [5.74, 6) is 0.911. The molecule has 2 aromatic heterocycles. The number of pyridine rings is 1. The van der Waals surface area contributed by atoms with E-state index >= 15 is 0 Å². The maximum atomic E-state index is 12.7. The first-order valence-corrected chi connectivity index (χ1v) is 10.8. The number of benzene rings is 1. The van der Waals surface area contributed by atoms with Crippen molar-refractivity contribution in [2.75, 3.05) is 38.0 Å². The summed E-state index contributed by atoms with van der Waals surface area (Å²) < 4.78 is 0. The molecule has 0 radical (unpaired) electrons. The monoisotopic (exact) mass is 407 g/mol. The van der Waals surface area contributed by atoms with Gasteiger partial charge in [-0.05, 0) is 24.1 Å². The third-order valence-corrected chi connectivity index (χ3v) is 5.88. The van der Waals surface area contributed by atoms with Crippen LogP contribution in [0.2, 0.25) is 0 Å². The van der Waals surface area contributed by atoms with Crippen LogP contribution in [0.5, 0.6) is 0 Å². The predicted molar refractivity (Wildman–Crippen MR) is 117 cm³/mol. The second-order valence-corrected chi connectivity index (χ2v) is 7.98. The Labute approximate surface area is 175 Å². The number of hydrogen-bond donors (Lipinski definition) is 1. The van der Waals surface area contributed by atoms with Crippen molar-refractivity contribution >= 4 is 28.2 Å². The molecule has 0 spiro atoms. The molecule has 1 aromatic carbocycles. The summed E-state index contributed by atoms with van der Waals surface area (Å²) in [5.41, 5.74) is 2.18. The fourth-order valence-corrected chi connectivity index (χ4v) is 4.13. The van der Waals surface area contributed by atoms with Crippen LogP contribution < -0.4 is 5.32 Å². The molecule has 1 aliphatic heterocycles. The zero-order chi connectivity index (χ0) is 19.9. The Kier molecular flexibility index (Phi) is 6.49. The standard InChI is InChI=1S/C22H25N5OS/c28-21(16-19-17-29-22(24-19)25-20-8-4-5-10-23-20)27-14-12-26(13-15-27)11-9-18-6-2-1-3-7-18/h1-8,10,17H,9,11-16H2,(H,23,24,25). The lowest BCUT2D eigenvalue weighted by atomic mass is 10.1. The summed E-state index contributed by atoms with van der Waals surface area (Å²) in [6.07, 6.45) is 3.14. The van der Waals surface area contributed by atoms with Gasteiger partial charge in [-0.25, -0.2) is 9.97 Å². The fraction of sp³-hybridized carbons (Fsp3) is 0.318. The molecule has 7 heteroatoms. The molecule has 6 nitrogen and oxygen atoms in total. The number of carbonyl (C=O) groups is 1. The molecule has 1 amide bonds. The quantitative estimate of drug-likeness (QED) is 0.652. The number of anilines is 2. The SMILES string of the molecule is O=C(Cc1csc(Nc2ccccn2)n1)N1CCN(CCc2ccccc2)CC1. The van der Waals surface area contributed by atoms with Crippen molar-refractivity contribution in [3.05, 3.63) is 71.4 Å². The van der Waals surface area contributed by atoms with Crippen LogP contribution in [0.15, 0.2) is 60.1 Å². The Balaban J connectivity index is 1.22. The van der Waals surface area contributed by atoms with E-state index in [1.807, 2.05) is 34.5 Å². The van der Waals surface area contributed by atoms with Crippen LogP contribution in [0.1, 0.15) is 11.3 Å². The summed E-state index contributed by atoms with van der Waals surface area (Å²) >= 11 is 1.50. The Morgan fingerprint density at radius 1 is 1.03 bits per heavy atom. The van der Waals surface area contributed by atoms with E-state index in [2.05, 4.69) is 44.5 Å². The first-order valence-electron chi connectivity index (χ1n) is 9.93. The zero-order valence-electron chi connectivity index (χ0n) is 16.3. The molecule has 150 valence electrons. The number of hydrogen-bond acceptors (Lipinski definition) is 6. The lowest BCUT2D eigenvalue weighted by molar-refractivity contribution is -0.132. The van der Waals surface area contributed by atoms with Crippen LogP contribution in [0.4, 0.5) is 10.9 Å². The fourth-order valence-electron chi connectivity index (χ4n) is 3.41. The molecule has 0 aliphatic carbocycles. The van der Waals surface area contributed by atoms with E-state index in [0.717, 1.165) is 55.8 Å². The van der Waals surface area contributed by atoms with E-state index in [0.29, 0.717) is 6.42 Å². The molecule has 4 rings (SSSR count). The summed E-state index contributed by atoms with van der Waals surface area (Å²) in [6, 6.07) is 16.3. The van der Waals surface area contributed by atoms with Crippen LogP contribution in [0.3, 0.4) is 0 Å². The van der Waals surface area contributed by atoms with Gasteiger partial charge in [-0.2, -0.15) is 0 Å². The topological polar surface area (TPSA) is 61.4 Å². The maximum absolute atomic E-state index is 12.7. The highest BCUT2D eigenvalue weighted by Crippen LogP contribution is 2.20. The van der Waals surface area contributed by atoms with Gasteiger partial charge in [-0.15, -0.1) is 11.3 Å². The van der Waals surface area contributed by atoms with Crippen LogP contribution in [-0.2, 0) is 17.6 Å². The lowest BCUT2D eigenvalue weighted by Gasteiger charge is -2.34. The molecule has 1 N–H and O–H groups in total. The minimum atomic E-state index is 0.155.